The first kappa shape index (κ1) is 18.3. The molecular weight excluding hydrogens is 346 g/mol. The van der Waals surface area contributed by atoms with Gasteiger partial charge in [-0.3, -0.25) is 15.4 Å². The first-order valence-corrected chi connectivity index (χ1v) is 8.37. The average Bonchev–Trinajstić information content (AvgIpc) is 2.59. The summed E-state index contributed by atoms with van der Waals surface area (Å²) in [6.45, 7) is 5.36. The van der Waals surface area contributed by atoms with Gasteiger partial charge in [-0.25, -0.2) is 9.78 Å². The highest BCUT2D eigenvalue weighted by Gasteiger charge is 2.17. The van der Waals surface area contributed by atoms with Crippen molar-refractivity contribution in [3.8, 4) is 11.3 Å². The number of rotatable bonds is 3. The molecule has 3 rings (SSSR count). The number of amides is 1. The van der Waals surface area contributed by atoms with E-state index in [2.05, 4.69) is 10.3 Å². The fraction of sp³-hybridized carbons (Fsp3) is 0.200. The van der Waals surface area contributed by atoms with E-state index >= 15 is 0 Å². The Labute approximate surface area is 156 Å². The Bertz CT molecular complexity index is 1010. The molecule has 0 saturated carbocycles. The van der Waals surface area contributed by atoms with Crippen LogP contribution in [0.3, 0.4) is 0 Å². The molecule has 1 heterocycles. The first-order valence-electron chi connectivity index (χ1n) is 8.37. The van der Waals surface area contributed by atoms with Crippen molar-refractivity contribution in [1.29, 1.82) is 0 Å². The lowest BCUT2D eigenvalue weighted by atomic mass is 10.1. The average molecular weight is 365 g/mol. The third-order valence-electron chi connectivity index (χ3n) is 3.72. The molecule has 1 aromatic heterocycles. The smallest absolute Gasteiger partial charge is 0.412 e. The molecule has 0 radical (unpaired) electrons. The fourth-order valence-electron chi connectivity index (χ4n) is 2.60. The second-order valence-corrected chi connectivity index (χ2v) is 7.01. The highest BCUT2D eigenvalue weighted by Crippen LogP contribution is 2.30. The fourth-order valence-corrected chi connectivity index (χ4v) is 2.60. The van der Waals surface area contributed by atoms with Crippen molar-refractivity contribution in [3.05, 3.63) is 64.7 Å². The third-order valence-corrected chi connectivity index (χ3v) is 3.72. The maximum Gasteiger partial charge on any atom is 0.412 e. The quantitative estimate of drug-likeness (QED) is 0.511. The van der Waals surface area contributed by atoms with E-state index in [1.807, 2.05) is 0 Å². The summed E-state index contributed by atoms with van der Waals surface area (Å²) in [7, 11) is 0. The van der Waals surface area contributed by atoms with Gasteiger partial charge in [-0.15, -0.1) is 0 Å². The van der Waals surface area contributed by atoms with Gasteiger partial charge in [-0.2, -0.15) is 0 Å². The standard InChI is InChI=1S/C20H19N3O4/c1-20(2,3)27-19(24)21-14-10-8-13(9-11-14)17-12-18(23(25)26)15-6-4-5-7-16(15)22-17/h4-12H,1-3H3,(H,21,24). The van der Waals surface area contributed by atoms with Crippen LogP contribution < -0.4 is 5.32 Å². The van der Waals surface area contributed by atoms with Crippen molar-refractivity contribution >= 4 is 28.4 Å². The molecule has 1 amide bonds. The topological polar surface area (TPSA) is 94.4 Å². The molecule has 0 aliphatic rings. The molecule has 3 aromatic rings. The number of ether oxygens (including phenoxy) is 1. The highest BCUT2D eigenvalue weighted by molar-refractivity contribution is 5.91. The summed E-state index contributed by atoms with van der Waals surface area (Å²) in [6.07, 6.45) is -0.547. The van der Waals surface area contributed by atoms with Gasteiger partial charge in [0.1, 0.15) is 5.60 Å². The van der Waals surface area contributed by atoms with Crippen LogP contribution in [-0.4, -0.2) is 21.6 Å². The molecule has 7 heteroatoms. The molecule has 0 spiro atoms. The number of carbonyl (C=O) groups is 1. The van der Waals surface area contributed by atoms with E-state index in [1.165, 1.54) is 6.07 Å². The summed E-state index contributed by atoms with van der Waals surface area (Å²) < 4.78 is 5.21. The second-order valence-electron chi connectivity index (χ2n) is 7.01. The zero-order valence-electron chi connectivity index (χ0n) is 15.2. The lowest BCUT2D eigenvalue weighted by Gasteiger charge is -2.19. The Morgan fingerprint density at radius 1 is 1.11 bits per heavy atom. The summed E-state index contributed by atoms with van der Waals surface area (Å²) in [4.78, 5) is 27.3. The van der Waals surface area contributed by atoms with Gasteiger partial charge >= 0.3 is 6.09 Å². The third kappa shape index (κ3) is 4.38. The number of hydrogen-bond acceptors (Lipinski definition) is 5. The lowest BCUT2D eigenvalue weighted by molar-refractivity contribution is -0.383. The number of nitrogens with zero attached hydrogens (tertiary/aromatic N) is 2. The normalized spacial score (nSPS) is 11.2. The number of anilines is 1. The Balaban J connectivity index is 1.89. The van der Waals surface area contributed by atoms with Crippen molar-refractivity contribution in [1.82, 2.24) is 4.98 Å². The van der Waals surface area contributed by atoms with Crippen LogP contribution in [0.1, 0.15) is 20.8 Å². The van der Waals surface area contributed by atoms with Crippen molar-refractivity contribution in [2.24, 2.45) is 0 Å². The number of aromatic nitrogens is 1. The summed E-state index contributed by atoms with van der Waals surface area (Å²) in [5, 5.41) is 14.5. The largest absolute Gasteiger partial charge is 0.444 e. The van der Waals surface area contributed by atoms with Gasteiger partial charge in [0.05, 0.1) is 21.5 Å². The molecule has 0 fully saturated rings. The Morgan fingerprint density at radius 2 is 1.78 bits per heavy atom. The van der Waals surface area contributed by atoms with Crippen LogP contribution >= 0.6 is 0 Å². The van der Waals surface area contributed by atoms with Crippen LogP contribution in [0.15, 0.2) is 54.6 Å². The molecule has 0 unspecified atom stereocenters. The first-order chi connectivity index (χ1) is 12.7. The van der Waals surface area contributed by atoms with Crippen molar-refractivity contribution < 1.29 is 14.5 Å². The summed E-state index contributed by atoms with van der Waals surface area (Å²) in [6, 6.07) is 15.3. The molecule has 1 N–H and O–H groups in total. The Morgan fingerprint density at radius 3 is 2.41 bits per heavy atom. The number of para-hydroxylation sites is 1. The molecule has 0 bridgehead atoms. The van der Waals surface area contributed by atoms with Gasteiger partial charge in [0.25, 0.3) is 5.69 Å². The lowest BCUT2D eigenvalue weighted by Crippen LogP contribution is -2.27. The zero-order chi connectivity index (χ0) is 19.6. The SMILES string of the molecule is CC(C)(C)OC(=O)Nc1ccc(-c2cc([N+](=O)[O-])c3ccccc3n2)cc1. The van der Waals surface area contributed by atoms with E-state index < -0.39 is 16.6 Å². The second kappa shape index (κ2) is 7.03. The predicted molar refractivity (Wildman–Crippen MR) is 104 cm³/mol. The van der Waals surface area contributed by atoms with Crippen LogP contribution in [0.4, 0.5) is 16.2 Å². The van der Waals surface area contributed by atoms with Crippen LogP contribution in [0, 0.1) is 10.1 Å². The van der Waals surface area contributed by atoms with E-state index in [0.29, 0.717) is 27.8 Å². The molecule has 2 aromatic carbocycles. The van der Waals surface area contributed by atoms with Crippen LogP contribution in [0.2, 0.25) is 0 Å². The van der Waals surface area contributed by atoms with E-state index in [9.17, 15) is 14.9 Å². The van der Waals surface area contributed by atoms with E-state index in [1.54, 1.807) is 69.3 Å². The van der Waals surface area contributed by atoms with Gasteiger partial charge in [-0.1, -0.05) is 24.3 Å². The van der Waals surface area contributed by atoms with Crippen LogP contribution in [-0.2, 0) is 4.74 Å². The molecule has 27 heavy (non-hydrogen) atoms. The predicted octanol–water partition coefficient (Wildman–Crippen LogP) is 5.16. The van der Waals surface area contributed by atoms with Crippen molar-refractivity contribution in [3.63, 3.8) is 0 Å². The minimum absolute atomic E-state index is 0.00607. The van der Waals surface area contributed by atoms with E-state index in [0.717, 1.165) is 0 Å². The maximum absolute atomic E-state index is 11.8. The van der Waals surface area contributed by atoms with Gasteiger partial charge in [0.15, 0.2) is 0 Å². The monoisotopic (exact) mass is 365 g/mol. The molecule has 0 aliphatic heterocycles. The molecule has 0 aliphatic carbocycles. The van der Waals surface area contributed by atoms with Gasteiger partial charge in [0, 0.05) is 17.3 Å². The molecule has 138 valence electrons. The maximum atomic E-state index is 11.8. The number of hydrogen-bond donors (Lipinski definition) is 1. The van der Waals surface area contributed by atoms with E-state index in [4.69, 9.17) is 4.74 Å². The molecule has 0 saturated heterocycles. The molecule has 7 nitrogen and oxygen atoms in total. The summed E-state index contributed by atoms with van der Waals surface area (Å²) >= 11 is 0. The number of fused-ring (bicyclic) bond motifs is 1. The number of nitrogens with one attached hydrogen (secondary N) is 1. The zero-order valence-corrected chi connectivity index (χ0v) is 15.2. The van der Waals surface area contributed by atoms with Gasteiger partial charge in [0.2, 0.25) is 0 Å². The summed E-state index contributed by atoms with van der Waals surface area (Å²) in [5.41, 5.74) is 1.73. The van der Waals surface area contributed by atoms with Crippen molar-refractivity contribution in [2.45, 2.75) is 26.4 Å². The van der Waals surface area contributed by atoms with Gasteiger partial charge in [-0.05, 0) is 45.0 Å². The minimum atomic E-state index is -0.585. The number of benzene rings is 2. The number of carbonyl (C=O) groups excluding carboxylic acids is 1. The molecule has 0 atom stereocenters. The summed E-state index contributed by atoms with van der Waals surface area (Å²) in [5.74, 6) is 0. The minimum Gasteiger partial charge on any atom is -0.444 e. The van der Waals surface area contributed by atoms with Crippen molar-refractivity contribution in [2.75, 3.05) is 5.32 Å². The number of nitro groups is 1. The Hall–Kier alpha value is -3.48. The van der Waals surface area contributed by atoms with Crippen LogP contribution in [0.25, 0.3) is 22.2 Å². The Kier molecular flexibility index (Phi) is 4.77. The number of pyridine rings is 1. The van der Waals surface area contributed by atoms with Crippen LogP contribution in [0.5, 0.6) is 0 Å². The highest BCUT2D eigenvalue weighted by atomic mass is 16.6. The molecular formula is C20H19N3O4. The van der Waals surface area contributed by atoms with E-state index in [-0.39, 0.29) is 5.69 Å². The van der Waals surface area contributed by atoms with Gasteiger partial charge < -0.3 is 4.74 Å².